The standard InChI is InChI=1S/C10H7Br2.C4H10N.C2H7Si.2ClH.Zr/c1-6-2-7-4-8(11)5-10(12)9(7)3-6;1-4(2,3)5;1-3-2;;;/h2-5H,1H3;5H,1-3H3;3H,1-2H3;2*1H;/q;-1;;;;+3/p-2. The fraction of sp³-hybridized carbons (Fsp3) is 0.500. The summed E-state index contributed by atoms with van der Waals surface area (Å²) in [5.41, 5.74) is 3.67. The van der Waals surface area contributed by atoms with Gasteiger partial charge in [0.25, 0.3) is 0 Å². The van der Waals surface area contributed by atoms with Crippen LogP contribution in [0.2, 0.25) is 13.1 Å². The van der Waals surface area contributed by atoms with E-state index in [1.807, 2.05) is 0 Å². The van der Waals surface area contributed by atoms with Crippen molar-refractivity contribution in [3.05, 3.63) is 37.8 Å². The summed E-state index contributed by atoms with van der Waals surface area (Å²) in [5, 5.41) is 0. The van der Waals surface area contributed by atoms with Crippen LogP contribution < -0.4 is 3.26 Å². The number of allylic oxidation sites excluding steroid dienone is 1. The summed E-state index contributed by atoms with van der Waals surface area (Å²) in [7, 11) is 15.0. The van der Waals surface area contributed by atoms with Crippen molar-refractivity contribution in [1.29, 1.82) is 0 Å². The number of benzene rings is 1. The van der Waals surface area contributed by atoms with Gasteiger partial charge in [0.1, 0.15) is 0 Å². The Morgan fingerprint density at radius 3 is 2.22 bits per heavy atom. The number of fused-ring (bicyclic) bond motifs is 1. The van der Waals surface area contributed by atoms with Crippen molar-refractivity contribution in [2.24, 2.45) is 0 Å². The van der Waals surface area contributed by atoms with E-state index in [9.17, 15) is 0 Å². The predicted octanol–water partition coefficient (Wildman–Crippen LogP) is 6.95. The van der Waals surface area contributed by atoms with Crippen molar-refractivity contribution in [2.75, 3.05) is 0 Å². The first-order chi connectivity index (χ1) is 10.3. The number of halogens is 4. The topological polar surface area (TPSA) is 12.0 Å². The van der Waals surface area contributed by atoms with Gasteiger partial charge in [0, 0.05) is 0 Å². The summed E-state index contributed by atoms with van der Waals surface area (Å²) in [4.78, 5) is 0. The van der Waals surface area contributed by atoms with Crippen LogP contribution in [0.4, 0.5) is 0 Å². The molecule has 0 radical (unpaired) electrons. The molecule has 7 heteroatoms. The summed E-state index contributed by atoms with van der Waals surface area (Å²) in [5.74, 6) is -1.34. The Morgan fingerprint density at radius 2 is 1.74 bits per heavy atom. The third-order valence-corrected chi connectivity index (χ3v) is 52.8. The summed E-state index contributed by atoms with van der Waals surface area (Å²) in [6.45, 7) is 13.2. The number of hydrogen-bond acceptors (Lipinski definition) is 1. The summed E-state index contributed by atoms with van der Waals surface area (Å²) in [6.07, 6.45) is 2.25. The quantitative estimate of drug-likeness (QED) is 0.382. The van der Waals surface area contributed by atoms with Crippen LogP contribution in [0.5, 0.6) is 0 Å². The molecule has 2 rings (SSSR count). The van der Waals surface area contributed by atoms with Crippen molar-refractivity contribution in [3.63, 3.8) is 0 Å². The maximum absolute atomic E-state index is 7.50. The molecule has 129 valence electrons. The molecule has 0 spiro atoms. The fourth-order valence-electron chi connectivity index (χ4n) is 3.52. The van der Waals surface area contributed by atoms with E-state index >= 15 is 0 Å². The molecule has 0 aliphatic heterocycles. The molecular formula is C16H24Br2Cl2NSiZr. The van der Waals surface area contributed by atoms with E-state index in [0.717, 1.165) is 8.95 Å². The molecule has 0 aromatic heterocycles. The molecule has 1 atom stereocenters. The molecule has 0 bridgehead atoms. The summed E-state index contributed by atoms with van der Waals surface area (Å²) in [6, 6.07) is 4.28. The SMILES string of the molecule is CC1=Cc2c(Br)cc(Br)cc2[CH]1[Zr]([Cl])([Cl])([NH]C(C)(C)C)[SiH](C)C. The van der Waals surface area contributed by atoms with Gasteiger partial charge in [-0.2, -0.15) is 0 Å². The van der Waals surface area contributed by atoms with E-state index in [1.54, 1.807) is 0 Å². The van der Waals surface area contributed by atoms with Gasteiger partial charge in [-0.15, -0.1) is 0 Å². The predicted molar refractivity (Wildman–Crippen MR) is 112 cm³/mol. The van der Waals surface area contributed by atoms with Crippen LogP contribution >= 0.6 is 48.9 Å². The van der Waals surface area contributed by atoms with E-state index < -0.39 is 21.8 Å². The van der Waals surface area contributed by atoms with Gasteiger partial charge in [0.05, 0.1) is 0 Å². The third-order valence-electron chi connectivity index (χ3n) is 4.47. The Labute approximate surface area is 166 Å². The van der Waals surface area contributed by atoms with Gasteiger partial charge in [-0.25, -0.2) is 0 Å². The first kappa shape index (κ1) is 20.9. The molecule has 23 heavy (non-hydrogen) atoms. The maximum atomic E-state index is 7.50. The molecule has 1 aliphatic carbocycles. The van der Waals surface area contributed by atoms with Gasteiger partial charge in [-0.05, 0) is 0 Å². The van der Waals surface area contributed by atoms with Crippen molar-refractivity contribution in [1.82, 2.24) is 3.26 Å². The monoisotopic (exact) mass is 576 g/mol. The van der Waals surface area contributed by atoms with Crippen LogP contribution in [-0.2, 0) is 15.8 Å². The number of nitrogens with one attached hydrogen (secondary N) is 1. The molecule has 0 amide bonds. The third kappa shape index (κ3) is 3.96. The van der Waals surface area contributed by atoms with Crippen LogP contribution in [-0.4, -0.2) is 11.5 Å². The zero-order valence-corrected chi connectivity index (χ0v) is 22.7. The Kier molecular flexibility index (Phi) is 6.01. The molecule has 1 aliphatic rings. The Balaban J connectivity index is 2.71. The molecule has 0 saturated heterocycles. The van der Waals surface area contributed by atoms with Gasteiger partial charge in [0.2, 0.25) is 0 Å². The zero-order valence-electron chi connectivity index (χ0n) is 14.4. The second-order valence-corrected chi connectivity index (χ2v) is 50.4. The van der Waals surface area contributed by atoms with Crippen LogP contribution in [0.3, 0.4) is 0 Å². The van der Waals surface area contributed by atoms with Crippen molar-refractivity contribution in [2.45, 2.75) is 50.0 Å². The average Bonchev–Trinajstić information content (AvgIpc) is 2.63. The van der Waals surface area contributed by atoms with Gasteiger partial charge < -0.3 is 0 Å². The molecule has 1 aromatic carbocycles. The van der Waals surface area contributed by atoms with Crippen molar-refractivity contribution < 1.29 is 15.8 Å². The van der Waals surface area contributed by atoms with E-state index in [2.05, 4.69) is 94.1 Å². The van der Waals surface area contributed by atoms with Gasteiger partial charge in [-0.3, -0.25) is 0 Å². The Hall–Kier alpha value is 1.56. The molecule has 0 saturated carbocycles. The molecular weight excluding hydrogens is 556 g/mol. The minimum absolute atomic E-state index is 0.0989. The van der Waals surface area contributed by atoms with Gasteiger partial charge in [-0.1, -0.05) is 0 Å². The normalized spacial score (nSPS) is 20.2. The minimum atomic E-state index is -4.24. The first-order valence-corrected chi connectivity index (χ1v) is 25.5. The number of rotatable bonds is 3. The van der Waals surface area contributed by atoms with Gasteiger partial charge in [0.15, 0.2) is 0 Å². The molecule has 1 unspecified atom stereocenters. The van der Waals surface area contributed by atoms with Gasteiger partial charge >= 0.3 is 168 Å². The van der Waals surface area contributed by atoms with Crippen LogP contribution in [0.25, 0.3) is 6.08 Å². The molecule has 1 aromatic rings. The van der Waals surface area contributed by atoms with Crippen molar-refractivity contribution >= 4 is 60.9 Å². The molecule has 1 nitrogen and oxygen atoms in total. The Morgan fingerprint density at radius 1 is 1.17 bits per heavy atom. The molecule has 1 N–H and O–H groups in total. The van der Waals surface area contributed by atoms with Crippen LogP contribution in [0, 0.1) is 0 Å². The van der Waals surface area contributed by atoms with Crippen LogP contribution in [0.1, 0.15) is 42.4 Å². The second-order valence-electron chi connectivity index (χ2n) is 7.89. The molecule has 0 fully saturated rings. The Bertz CT molecular complexity index is 683. The first-order valence-electron chi connectivity index (χ1n) is 7.80. The summed E-state index contributed by atoms with van der Waals surface area (Å²) >= 11 is 3.07. The van der Waals surface area contributed by atoms with Crippen molar-refractivity contribution in [3.8, 4) is 0 Å². The van der Waals surface area contributed by atoms with E-state index in [4.69, 9.17) is 17.0 Å². The van der Waals surface area contributed by atoms with E-state index in [1.165, 1.54) is 16.7 Å². The number of hydrogen-bond donors (Lipinski definition) is 1. The molecule has 0 heterocycles. The van der Waals surface area contributed by atoms with Crippen LogP contribution in [0.15, 0.2) is 26.7 Å². The zero-order chi connectivity index (χ0) is 17.8. The van der Waals surface area contributed by atoms with E-state index in [0.29, 0.717) is 0 Å². The fourth-order valence-corrected chi connectivity index (χ4v) is 33.0. The van der Waals surface area contributed by atoms with E-state index in [-0.39, 0.29) is 9.16 Å². The average molecular weight is 580 g/mol. The summed E-state index contributed by atoms with van der Waals surface area (Å²) < 4.78 is 6.08. The second kappa shape index (κ2) is 6.62.